The first-order chi connectivity index (χ1) is 10.1. The second kappa shape index (κ2) is 5.64. The molecule has 2 aromatic heterocycles. The van der Waals surface area contributed by atoms with Crippen LogP contribution in [0.5, 0.6) is 0 Å². The van der Waals surface area contributed by atoms with Crippen LogP contribution in [-0.4, -0.2) is 47.3 Å². The van der Waals surface area contributed by atoms with Gasteiger partial charge in [0.2, 0.25) is 5.76 Å². The van der Waals surface area contributed by atoms with E-state index in [1.165, 1.54) is 0 Å². The summed E-state index contributed by atoms with van der Waals surface area (Å²) in [5.41, 5.74) is 0.584. The number of aromatic nitrogens is 1. The second-order valence-corrected chi connectivity index (χ2v) is 6.07. The van der Waals surface area contributed by atoms with Crippen LogP contribution in [0.3, 0.4) is 0 Å². The van der Waals surface area contributed by atoms with Gasteiger partial charge in [0, 0.05) is 30.1 Å². The molecular formula is C14H15BrN4O2. The van der Waals surface area contributed by atoms with Crippen LogP contribution < -0.4 is 5.32 Å². The van der Waals surface area contributed by atoms with E-state index in [0.717, 1.165) is 28.6 Å². The molecule has 110 valence electrons. The van der Waals surface area contributed by atoms with Crippen LogP contribution in [0.15, 0.2) is 21.2 Å². The number of likely N-dealkylation sites (N-methyl/N-ethyl adjacent to an activating group) is 1. The number of hydrogen-bond acceptors (Lipinski definition) is 6. The van der Waals surface area contributed by atoms with Gasteiger partial charge >= 0.3 is 0 Å². The van der Waals surface area contributed by atoms with Crippen molar-refractivity contribution < 1.29 is 9.52 Å². The van der Waals surface area contributed by atoms with Crippen molar-refractivity contribution in [2.45, 2.75) is 18.5 Å². The second-order valence-electron chi connectivity index (χ2n) is 5.27. The fourth-order valence-corrected chi connectivity index (χ4v) is 3.25. The van der Waals surface area contributed by atoms with E-state index in [2.05, 4.69) is 31.1 Å². The maximum absolute atomic E-state index is 9.31. The van der Waals surface area contributed by atoms with Crippen molar-refractivity contribution in [3.8, 4) is 6.07 Å². The Hall–Kier alpha value is -1.62. The number of pyridine rings is 1. The monoisotopic (exact) mass is 350 g/mol. The molecule has 0 bridgehead atoms. The average Bonchev–Trinajstić information content (AvgIpc) is 3.05. The summed E-state index contributed by atoms with van der Waals surface area (Å²) in [7, 11) is 2.00. The van der Waals surface area contributed by atoms with Crippen molar-refractivity contribution in [1.29, 1.82) is 5.26 Å². The Labute approximate surface area is 130 Å². The highest BCUT2D eigenvalue weighted by Gasteiger charge is 2.29. The molecule has 0 saturated carbocycles. The molecule has 0 unspecified atom stereocenters. The smallest absolute Gasteiger partial charge is 0.204 e. The summed E-state index contributed by atoms with van der Waals surface area (Å²) in [5, 5.41) is 22.4. The van der Waals surface area contributed by atoms with E-state index in [-0.39, 0.29) is 24.5 Å². The summed E-state index contributed by atoms with van der Waals surface area (Å²) in [6.45, 7) is 1.02. The molecule has 6 nitrogen and oxygen atoms in total. The number of aliphatic hydroxyl groups excluding tert-OH is 1. The van der Waals surface area contributed by atoms with E-state index in [1.807, 2.05) is 13.1 Å². The van der Waals surface area contributed by atoms with Crippen LogP contribution in [0, 0.1) is 11.3 Å². The third kappa shape index (κ3) is 2.62. The number of hydrogen-bond donors (Lipinski definition) is 2. The first-order valence-corrected chi connectivity index (χ1v) is 7.47. The predicted octanol–water partition coefficient (Wildman–Crippen LogP) is 1.94. The molecule has 0 aromatic carbocycles. The third-order valence-corrected chi connectivity index (χ3v) is 4.67. The standard InChI is InChI=1S/C14H15BrN4O2/c1-19-6-8(2-9(19)7-20)18-14-13(15)11-3-10(4-16)21-12(11)5-17-14/h3,5,8-9,20H,2,6-7H2,1H3,(H,17,18)/t8-,9+/m1/s1. The molecule has 1 fully saturated rings. The summed E-state index contributed by atoms with van der Waals surface area (Å²) in [5.74, 6) is 0.996. The number of nitrogens with zero attached hydrogens (tertiary/aromatic N) is 3. The molecule has 7 heteroatoms. The van der Waals surface area contributed by atoms with Crippen molar-refractivity contribution >= 4 is 32.7 Å². The summed E-state index contributed by atoms with van der Waals surface area (Å²) < 4.78 is 6.14. The zero-order valence-electron chi connectivity index (χ0n) is 11.5. The molecule has 0 spiro atoms. The predicted molar refractivity (Wildman–Crippen MR) is 82.0 cm³/mol. The molecule has 1 saturated heterocycles. The van der Waals surface area contributed by atoms with Gasteiger partial charge in [0.1, 0.15) is 11.9 Å². The lowest BCUT2D eigenvalue weighted by atomic mass is 10.2. The largest absolute Gasteiger partial charge is 0.444 e. The summed E-state index contributed by atoms with van der Waals surface area (Å²) >= 11 is 3.52. The maximum Gasteiger partial charge on any atom is 0.204 e. The first-order valence-electron chi connectivity index (χ1n) is 6.68. The van der Waals surface area contributed by atoms with E-state index in [4.69, 9.17) is 9.68 Å². The van der Waals surface area contributed by atoms with E-state index >= 15 is 0 Å². The van der Waals surface area contributed by atoms with Crippen LogP contribution in [-0.2, 0) is 0 Å². The quantitative estimate of drug-likeness (QED) is 0.879. The van der Waals surface area contributed by atoms with Crippen molar-refractivity contribution in [2.75, 3.05) is 25.5 Å². The van der Waals surface area contributed by atoms with Gasteiger partial charge in [-0.2, -0.15) is 5.26 Å². The molecule has 21 heavy (non-hydrogen) atoms. The average molecular weight is 351 g/mol. The van der Waals surface area contributed by atoms with Gasteiger partial charge in [-0.25, -0.2) is 4.98 Å². The highest BCUT2D eigenvalue weighted by molar-refractivity contribution is 9.10. The molecule has 0 amide bonds. The zero-order chi connectivity index (χ0) is 15.0. The first kappa shape index (κ1) is 14.3. The van der Waals surface area contributed by atoms with E-state index in [9.17, 15) is 5.11 Å². The number of furan rings is 1. The van der Waals surface area contributed by atoms with Crippen molar-refractivity contribution in [3.63, 3.8) is 0 Å². The van der Waals surface area contributed by atoms with E-state index in [1.54, 1.807) is 12.3 Å². The van der Waals surface area contributed by atoms with Crippen molar-refractivity contribution in [3.05, 3.63) is 22.5 Å². The van der Waals surface area contributed by atoms with Gasteiger partial charge in [-0.1, -0.05) is 0 Å². The SMILES string of the molecule is CN1C[C@H](Nc2ncc3oc(C#N)cc3c2Br)C[C@H]1CO. The molecule has 1 aliphatic rings. The maximum atomic E-state index is 9.31. The van der Waals surface area contributed by atoms with Crippen molar-refractivity contribution in [1.82, 2.24) is 9.88 Å². The highest BCUT2D eigenvalue weighted by Crippen LogP contribution is 2.32. The number of rotatable bonds is 3. The van der Waals surface area contributed by atoms with E-state index in [0.29, 0.717) is 5.58 Å². The van der Waals surface area contributed by atoms with Gasteiger partial charge in [-0.3, -0.25) is 4.90 Å². The lowest BCUT2D eigenvalue weighted by molar-refractivity contribution is 0.182. The number of aliphatic hydroxyl groups is 1. The Morgan fingerprint density at radius 1 is 1.67 bits per heavy atom. The molecule has 2 N–H and O–H groups in total. The molecule has 1 aliphatic heterocycles. The summed E-state index contributed by atoms with van der Waals surface area (Å²) in [6, 6.07) is 4.10. The molecule has 2 atom stereocenters. The van der Waals surface area contributed by atoms with Crippen molar-refractivity contribution in [2.24, 2.45) is 0 Å². The topological polar surface area (TPSA) is 85.3 Å². The van der Waals surface area contributed by atoms with Gasteiger partial charge in [0.25, 0.3) is 0 Å². The lowest BCUT2D eigenvalue weighted by Gasteiger charge is -2.15. The lowest BCUT2D eigenvalue weighted by Crippen LogP contribution is -2.28. The van der Waals surface area contributed by atoms with Crippen LogP contribution in [0.4, 0.5) is 5.82 Å². The molecule has 0 radical (unpaired) electrons. The number of likely N-dealkylation sites (tertiary alicyclic amines) is 1. The number of nitrogens with one attached hydrogen (secondary N) is 1. The van der Waals surface area contributed by atoms with Crippen LogP contribution >= 0.6 is 15.9 Å². The van der Waals surface area contributed by atoms with E-state index < -0.39 is 0 Å². The summed E-state index contributed by atoms with van der Waals surface area (Å²) in [6.07, 6.45) is 2.49. The number of nitriles is 1. The third-order valence-electron chi connectivity index (χ3n) is 3.87. The van der Waals surface area contributed by atoms with Gasteiger partial charge in [-0.15, -0.1) is 0 Å². The van der Waals surface area contributed by atoms with Gasteiger partial charge in [0.05, 0.1) is 17.3 Å². The fraction of sp³-hybridized carbons (Fsp3) is 0.429. The molecule has 0 aliphatic carbocycles. The van der Waals surface area contributed by atoms with Crippen LogP contribution in [0.25, 0.3) is 11.0 Å². The number of fused-ring (bicyclic) bond motifs is 1. The Bertz CT molecular complexity index is 709. The van der Waals surface area contributed by atoms with Gasteiger partial charge in [-0.05, 0) is 29.4 Å². The molecule has 3 rings (SSSR count). The minimum absolute atomic E-state index is 0.162. The Morgan fingerprint density at radius 3 is 3.14 bits per heavy atom. The Kier molecular flexibility index (Phi) is 3.85. The van der Waals surface area contributed by atoms with Crippen LogP contribution in [0.1, 0.15) is 12.2 Å². The highest BCUT2D eigenvalue weighted by atomic mass is 79.9. The Balaban J connectivity index is 1.85. The number of halogens is 1. The normalized spacial score (nSPS) is 22.6. The summed E-state index contributed by atoms with van der Waals surface area (Å²) in [4.78, 5) is 6.49. The molecular weight excluding hydrogens is 336 g/mol. The minimum atomic E-state index is 0.162. The Morgan fingerprint density at radius 2 is 2.48 bits per heavy atom. The zero-order valence-corrected chi connectivity index (χ0v) is 13.1. The molecule has 3 heterocycles. The molecule has 2 aromatic rings. The van der Waals surface area contributed by atoms with Gasteiger partial charge < -0.3 is 14.8 Å². The van der Waals surface area contributed by atoms with Crippen LogP contribution in [0.2, 0.25) is 0 Å². The minimum Gasteiger partial charge on any atom is -0.444 e. The fourth-order valence-electron chi connectivity index (χ4n) is 2.73. The van der Waals surface area contributed by atoms with Gasteiger partial charge in [0.15, 0.2) is 5.58 Å². The number of anilines is 1.